The first-order valence-electron chi connectivity index (χ1n) is 10.6. The molecule has 0 saturated carbocycles. The van der Waals surface area contributed by atoms with Crippen molar-refractivity contribution in [3.05, 3.63) is 73.7 Å². The van der Waals surface area contributed by atoms with Gasteiger partial charge in [-0.25, -0.2) is 9.48 Å². The summed E-state index contributed by atoms with van der Waals surface area (Å²) in [4.78, 5) is 26.1. The molecule has 0 radical (unpaired) electrons. The third-order valence-electron chi connectivity index (χ3n) is 5.73. The van der Waals surface area contributed by atoms with Crippen LogP contribution in [0.3, 0.4) is 0 Å². The van der Waals surface area contributed by atoms with Crippen molar-refractivity contribution in [2.45, 2.75) is 38.3 Å². The van der Waals surface area contributed by atoms with E-state index in [1.54, 1.807) is 29.9 Å². The number of nitrogens with one attached hydrogen (secondary N) is 1. The number of aromatic nitrogens is 5. The van der Waals surface area contributed by atoms with Crippen LogP contribution in [0.25, 0.3) is 6.08 Å². The highest BCUT2D eigenvalue weighted by atomic mass is 32.2. The first kappa shape index (κ1) is 23.0. The molecule has 2 aromatic heterocycles. The Hall–Kier alpha value is -3.75. The van der Waals surface area contributed by atoms with Gasteiger partial charge in [-0.3, -0.25) is 14.3 Å². The summed E-state index contributed by atoms with van der Waals surface area (Å²) in [6.07, 6.45) is 3.50. The summed E-state index contributed by atoms with van der Waals surface area (Å²) in [5.41, 5.74) is 0.373. The topological polar surface area (TPSA) is 168 Å². The normalized spacial score (nSPS) is 22.5. The van der Waals surface area contributed by atoms with Crippen molar-refractivity contribution >= 4 is 16.2 Å². The van der Waals surface area contributed by atoms with Crippen molar-refractivity contribution in [2.24, 2.45) is 0 Å². The zero-order chi connectivity index (χ0) is 24.7. The van der Waals surface area contributed by atoms with Crippen LogP contribution in [0.5, 0.6) is 11.5 Å². The van der Waals surface area contributed by atoms with E-state index < -0.39 is 39.7 Å². The Morgan fingerprint density at radius 2 is 2.11 bits per heavy atom. The molecule has 1 aromatic carbocycles. The van der Waals surface area contributed by atoms with Crippen LogP contribution >= 0.6 is 0 Å². The molecule has 0 spiro atoms. The molecule has 0 unspecified atom stereocenters. The van der Waals surface area contributed by atoms with Gasteiger partial charge in [0.2, 0.25) is 0 Å². The zero-order valence-corrected chi connectivity index (χ0v) is 19.2. The predicted molar refractivity (Wildman–Crippen MR) is 120 cm³/mol. The summed E-state index contributed by atoms with van der Waals surface area (Å²) >= 11 is 0. The number of ether oxygens (including phenoxy) is 2. The lowest BCUT2D eigenvalue weighted by Crippen LogP contribution is -2.33. The summed E-state index contributed by atoms with van der Waals surface area (Å²) in [6.45, 7) is 1.37. The fourth-order valence-corrected chi connectivity index (χ4v) is 4.73. The van der Waals surface area contributed by atoms with E-state index in [0.29, 0.717) is 29.0 Å². The lowest BCUT2D eigenvalue weighted by Gasteiger charge is -2.15. The van der Waals surface area contributed by atoms with Crippen molar-refractivity contribution in [2.75, 3.05) is 6.61 Å². The number of H-pyrrole nitrogens is 1. The van der Waals surface area contributed by atoms with Crippen LogP contribution < -0.4 is 20.2 Å². The highest BCUT2D eigenvalue weighted by Gasteiger charge is 2.38. The molecule has 3 aromatic rings. The quantitative estimate of drug-likeness (QED) is 0.444. The van der Waals surface area contributed by atoms with Gasteiger partial charge >= 0.3 is 15.8 Å². The summed E-state index contributed by atoms with van der Waals surface area (Å²) in [6, 6.07) is 4.33. The van der Waals surface area contributed by atoms with E-state index in [0.717, 1.165) is 5.41 Å². The molecule has 0 bridgehead atoms. The Bertz CT molecular complexity index is 1520. The second-order valence-electron chi connectivity index (χ2n) is 8.15. The molecule has 0 aliphatic carbocycles. The maximum atomic E-state index is 12.2. The molecule has 14 heteroatoms. The van der Waals surface area contributed by atoms with Gasteiger partial charge in [0.1, 0.15) is 36.1 Å². The Balaban J connectivity index is 1.28. The van der Waals surface area contributed by atoms with Gasteiger partial charge in [0.05, 0.1) is 24.3 Å². The van der Waals surface area contributed by atoms with Crippen LogP contribution in [0.4, 0.5) is 0 Å². The molecule has 2 N–H and O–H groups in total. The van der Waals surface area contributed by atoms with E-state index in [2.05, 4.69) is 15.3 Å². The minimum atomic E-state index is -3.71. The number of aryl methyl sites for hydroxylation is 1. The Morgan fingerprint density at radius 3 is 2.91 bits per heavy atom. The molecule has 35 heavy (non-hydrogen) atoms. The van der Waals surface area contributed by atoms with E-state index in [1.807, 2.05) is 0 Å². The number of rotatable bonds is 6. The Morgan fingerprint density at radius 1 is 1.29 bits per heavy atom. The van der Waals surface area contributed by atoms with Gasteiger partial charge in [0.15, 0.2) is 0 Å². The number of nitrogens with zero attached hydrogens (tertiary/aromatic N) is 4. The number of aliphatic hydroxyl groups is 1. The molecule has 4 heterocycles. The van der Waals surface area contributed by atoms with Crippen LogP contribution in [0.1, 0.15) is 35.5 Å². The highest BCUT2D eigenvalue weighted by Crippen LogP contribution is 2.36. The Kier molecular flexibility index (Phi) is 5.78. The first-order chi connectivity index (χ1) is 16.7. The van der Waals surface area contributed by atoms with Gasteiger partial charge in [-0.2, -0.15) is 8.42 Å². The predicted octanol–water partition coefficient (Wildman–Crippen LogP) is 0.230. The Labute approximate surface area is 198 Å². The molecule has 1 fully saturated rings. The number of aliphatic hydroxyl groups excluding tert-OH is 1. The molecular weight excluding hydrogens is 482 g/mol. The standard InChI is InChI=1S/C21H21N5O8S/c1-12-8-25(21(29)22-20(12)28)19-7-16(18(10-27)33-19)26-9-14(23-24-26)11-32-15-2-3-17-13(6-15)4-5-35(30,31)34-17/h2-6,8-9,16,18-19,27H,7,10-11H2,1H3,(H,22,28,29)/t16-,18+,19+/m0/s1. The van der Waals surface area contributed by atoms with Gasteiger partial charge in [-0.1, -0.05) is 5.21 Å². The summed E-state index contributed by atoms with van der Waals surface area (Å²) in [7, 11) is -3.71. The average Bonchev–Trinajstić information content (AvgIpc) is 3.46. The van der Waals surface area contributed by atoms with Crippen molar-refractivity contribution in [1.29, 1.82) is 0 Å². The molecular formula is C21H21N5O8S. The van der Waals surface area contributed by atoms with Gasteiger partial charge in [0.25, 0.3) is 5.56 Å². The summed E-state index contributed by atoms with van der Waals surface area (Å²) in [5, 5.41) is 19.0. The van der Waals surface area contributed by atoms with Gasteiger partial charge < -0.3 is 18.8 Å². The van der Waals surface area contributed by atoms with E-state index >= 15 is 0 Å². The molecule has 2 aliphatic rings. The largest absolute Gasteiger partial charge is 0.487 e. The van der Waals surface area contributed by atoms with E-state index in [9.17, 15) is 23.1 Å². The number of aromatic amines is 1. The van der Waals surface area contributed by atoms with E-state index in [-0.39, 0.29) is 19.0 Å². The number of hydrogen-bond acceptors (Lipinski definition) is 10. The van der Waals surface area contributed by atoms with Crippen LogP contribution in [0.2, 0.25) is 0 Å². The van der Waals surface area contributed by atoms with Crippen LogP contribution in [-0.4, -0.2) is 50.8 Å². The number of fused-ring (bicyclic) bond motifs is 1. The number of hydrogen-bond donors (Lipinski definition) is 2. The third-order valence-corrected chi connectivity index (χ3v) is 6.61. The fourth-order valence-electron chi connectivity index (χ4n) is 3.96. The van der Waals surface area contributed by atoms with Crippen molar-refractivity contribution < 1.29 is 27.2 Å². The monoisotopic (exact) mass is 503 g/mol. The molecule has 5 rings (SSSR count). The molecule has 2 aliphatic heterocycles. The minimum Gasteiger partial charge on any atom is -0.487 e. The molecule has 1 saturated heterocycles. The van der Waals surface area contributed by atoms with Crippen LogP contribution in [0, 0.1) is 6.92 Å². The molecule has 13 nitrogen and oxygen atoms in total. The lowest BCUT2D eigenvalue weighted by atomic mass is 10.1. The molecule has 184 valence electrons. The van der Waals surface area contributed by atoms with Crippen molar-refractivity contribution in [3.8, 4) is 11.5 Å². The summed E-state index contributed by atoms with van der Waals surface area (Å²) in [5.74, 6) is 0.699. The van der Waals surface area contributed by atoms with Gasteiger partial charge in [-0.15, -0.1) is 5.10 Å². The third kappa shape index (κ3) is 4.62. The van der Waals surface area contributed by atoms with E-state index in [4.69, 9.17) is 13.7 Å². The van der Waals surface area contributed by atoms with Crippen molar-refractivity contribution in [1.82, 2.24) is 24.5 Å². The first-order valence-corrected chi connectivity index (χ1v) is 12.1. The average molecular weight is 503 g/mol. The van der Waals surface area contributed by atoms with Gasteiger partial charge in [0, 0.05) is 23.7 Å². The second kappa shape index (κ2) is 8.79. The summed E-state index contributed by atoms with van der Waals surface area (Å²) < 4.78 is 42.4. The van der Waals surface area contributed by atoms with Crippen LogP contribution in [0.15, 0.2) is 45.6 Å². The zero-order valence-electron chi connectivity index (χ0n) is 18.4. The lowest BCUT2D eigenvalue weighted by molar-refractivity contribution is -0.0323. The smallest absolute Gasteiger partial charge is 0.332 e. The minimum absolute atomic E-state index is 0.0844. The van der Waals surface area contributed by atoms with E-state index in [1.165, 1.54) is 22.9 Å². The second-order valence-corrected chi connectivity index (χ2v) is 9.57. The van der Waals surface area contributed by atoms with Gasteiger partial charge in [-0.05, 0) is 31.2 Å². The maximum Gasteiger partial charge on any atom is 0.332 e. The molecule has 3 atom stereocenters. The van der Waals surface area contributed by atoms with Crippen molar-refractivity contribution in [3.63, 3.8) is 0 Å². The number of benzene rings is 1. The fraction of sp³-hybridized carbons (Fsp3) is 0.333. The SMILES string of the molecule is Cc1cn([C@H]2C[C@H](n3cc(COc4ccc5c(c4)C=CS(=O)(=O)O5)nn3)[C@@H](CO)O2)c(=O)[nH]c1=O. The van der Waals surface area contributed by atoms with Crippen LogP contribution in [-0.2, 0) is 21.5 Å². The highest BCUT2D eigenvalue weighted by molar-refractivity contribution is 7.90. The molecule has 0 amide bonds. The maximum absolute atomic E-state index is 12.2.